The Labute approximate surface area is 101 Å². The molecule has 0 aliphatic heterocycles. The number of hydrogen-bond donors (Lipinski definition) is 1. The molecule has 2 nitrogen and oxygen atoms in total. The lowest BCUT2D eigenvalue weighted by Gasteiger charge is -2.26. The van der Waals surface area contributed by atoms with E-state index in [1.54, 1.807) is 0 Å². The van der Waals surface area contributed by atoms with Crippen molar-refractivity contribution in [3.05, 3.63) is 0 Å². The largest absolute Gasteiger partial charge is 0.312 e. The first-order chi connectivity index (χ1) is 7.70. The van der Waals surface area contributed by atoms with Crippen LogP contribution in [-0.4, -0.2) is 37.6 Å². The van der Waals surface area contributed by atoms with Crippen molar-refractivity contribution in [2.45, 2.75) is 57.5 Å². The topological polar surface area (TPSA) is 15.3 Å². The molecule has 94 valence electrons. The summed E-state index contributed by atoms with van der Waals surface area (Å²) in [5.41, 5.74) is 0. The highest BCUT2D eigenvalue weighted by atomic mass is 15.1. The van der Waals surface area contributed by atoms with Gasteiger partial charge in [0.1, 0.15) is 0 Å². The number of rotatable bonds is 6. The molecule has 0 amide bonds. The monoisotopic (exact) mass is 224 g/mol. The molecule has 0 spiro atoms. The molecule has 2 rings (SSSR count). The van der Waals surface area contributed by atoms with Gasteiger partial charge >= 0.3 is 0 Å². The maximum Gasteiger partial charge on any atom is 0.0242 e. The van der Waals surface area contributed by atoms with Crippen LogP contribution < -0.4 is 5.32 Å². The van der Waals surface area contributed by atoms with Crippen LogP contribution in [0.2, 0.25) is 0 Å². The molecule has 0 aromatic carbocycles. The van der Waals surface area contributed by atoms with Crippen LogP contribution in [0.1, 0.15) is 45.4 Å². The van der Waals surface area contributed by atoms with Gasteiger partial charge in [-0.2, -0.15) is 0 Å². The molecular formula is C14H28N2. The van der Waals surface area contributed by atoms with Gasteiger partial charge in [0.15, 0.2) is 0 Å². The maximum absolute atomic E-state index is 3.81. The first-order valence-corrected chi connectivity index (χ1v) is 7.10. The van der Waals surface area contributed by atoms with Gasteiger partial charge in [-0.25, -0.2) is 0 Å². The van der Waals surface area contributed by atoms with E-state index in [1.165, 1.54) is 45.1 Å². The number of nitrogens with one attached hydrogen (secondary N) is 1. The highest BCUT2D eigenvalue weighted by Crippen LogP contribution is 2.35. The molecule has 1 N–H and O–H groups in total. The van der Waals surface area contributed by atoms with E-state index in [2.05, 4.69) is 31.2 Å². The van der Waals surface area contributed by atoms with E-state index in [9.17, 15) is 0 Å². The fourth-order valence-corrected chi connectivity index (χ4v) is 3.17. The molecule has 3 unspecified atom stereocenters. The first kappa shape index (κ1) is 12.4. The Morgan fingerprint density at radius 2 is 1.94 bits per heavy atom. The highest BCUT2D eigenvalue weighted by Gasteiger charge is 2.33. The third kappa shape index (κ3) is 3.21. The highest BCUT2D eigenvalue weighted by molar-refractivity contribution is 4.89. The summed E-state index contributed by atoms with van der Waals surface area (Å²) >= 11 is 0. The molecule has 2 aliphatic carbocycles. The Bertz CT molecular complexity index is 209. The van der Waals surface area contributed by atoms with Gasteiger partial charge in [-0.05, 0) is 58.0 Å². The fourth-order valence-electron chi connectivity index (χ4n) is 3.17. The SMILES string of the molecule is CCC1CCC(NCC(C2CC2)N(C)C)C1. The Hall–Kier alpha value is -0.0800. The van der Waals surface area contributed by atoms with Gasteiger partial charge in [-0.1, -0.05) is 13.3 Å². The normalized spacial score (nSPS) is 32.2. The summed E-state index contributed by atoms with van der Waals surface area (Å²) in [4.78, 5) is 2.41. The van der Waals surface area contributed by atoms with Crippen LogP contribution in [0.3, 0.4) is 0 Å². The van der Waals surface area contributed by atoms with Crippen molar-refractivity contribution in [1.29, 1.82) is 0 Å². The van der Waals surface area contributed by atoms with Gasteiger partial charge < -0.3 is 10.2 Å². The molecule has 0 heterocycles. The van der Waals surface area contributed by atoms with Gasteiger partial charge in [0, 0.05) is 18.6 Å². The minimum atomic E-state index is 0.778. The fraction of sp³-hybridized carbons (Fsp3) is 1.00. The van der Waals surface area contributed by atoms with Crippen LogP contribution in [0.15, 0.2) is 0 Å². The van der Waals surface area contributed by atoms with Gasteiger partial charge in [-0.3, -0.25) is 0 Å². The summed E-state index contributed by atoms with van der Waals surface area (Å²) in [6, 6.07) is 1.59. The number of nitrogens with zero attached hydrogens (tertiary/aromatic N) is 1. The van der Waals surface area contributed by atoms with Gasteiger partial charge in [0.25, 0.3) is 0 Å². The van der Waals surface area contributed by atoms with E-state index >= 15 is 0 Å². The average Bonchev–Trinajstić information content (AvgIpc) is 2.97. The van der Waals surface area contributed by atoms with Crippen molar-refractivity contribution in [2.75, 3.05) is 20.6 Å². The zero-order chi connectivity index (χ0) is 11.5. The van der Waals surface area contributed by atoms with Crippen LogP contribution in [0.25, 0.3) is 0 Å². The van der Waals surface area contributed by atoms with E-state index < -0.39 is 0 Å². The molecule has 2 heteroatoms. The lowest BCUT2D eigenvalue weighted by atomic mass is 10.1. The van der Waals surface area contributed by atoms with Crippen molar-refractivity contribution in [3.8, 4) is 0 Å². The minimum absolute atomic E-state index is 0.778. The average molecular weight is 224 g/mol. The van der Waals surface area contributed by atoms with Gasteiger partial charge in [0.2, 0.25) is 0 Å². The molecule has 0 aromatic heterocycles. The van der Waals surface area contributed by atoms with E-state index in [-0.39, 0.29) is 0 Å². The van der Waals surface area contributed by atoms with Crippen molar-refractivity contribution >= 4 is 0 Å². The van der Waals surface area contributed by atoms with Crippen LogP contribution in [0.5, 0.6) is 0 Å². The molecule has 3 atom stereocenters. The molecule has 0 aromatic rings. The summed E-state index contributed by atoms with van der Waals surface area (Å²) in [6.07, 6.45) is 8.55. The van der Waals surface area contributed by atoms with Crippen molar-refractivity contribution in [2.24, 2.45) is 11.8 Å². The molecule has 2 aliphatic rings. The molecule has 0 saturated heterocycles. The lowest BCUT2D eigenvalue weighted by Crippen LogP contribution is -2.42. The number of likely N-dealkylation sites (N-methyl/N-ethyl adjacent to an activating group) is 1. The standard InChI is InChI=1S/C14H28N2/c1-4-11-5-8-13(9-11)15-10-14(16(2)3)12-6-7-12/h11-15H,4-10H2,1-3H3. The first-order valence-electron chi connectivity index (χ1n) is 7.10. The van der Waals surface area contributed by atoms with Crippen molar-refractivity contribution < 1.29 is 0 Å². The summed E-state index contributed by atoms with van der Waals surface area (Å²) in [7, 11) is 4.46. The molecule has 0 bridgehead atoms. The van der Waals surface area contributed by atoms with Crippen molar-refractivity contribution in [1.82, 2.24) is 10.2 Å². The van der Waals surface area contributed by atoms with E-state index in [4.69, 9.17) is 0 Å². The van der Waals surface area contributed by atoms with E-state index in [0.29, 0.717) is 0 Å². The van der Waals surface area contributed by atoms with Gasteiger partial charge in [0.05, 0.1) is 0 Å². The Morgan fingerprint density at radius 1 is 1.19 bits per heavy atom. The maximum atomic E-state index is 3.81. The third-order valence-electron chi connectivity index (χ3n) is 4.56. The second-order valence-electron chi connectivity index (χ2n) is 6.06. The Balaban J connectivity index is 1.69. The van der Waals surface area contributed by atoms with Gasteiger partial charge in [-0.15, -0.1) is 0 Å². The Kier molecular flexibility index (Phi) is 4.26. The van der Waals surface area contributed by atoms with Crippen LogP contribution in [0.4, 0.5) is 0 Å². The molecule has 16 heavy (non-hydrogen) atoms. The minimum Gasteiger partial charge on any atom is -0.312 e. The van der Waals surface area contributed by atoms with E-state index in [0.717, 1.165) is 23.9 Å². The van der Waals surface area contributed by atoms with Crippen LogP contribution >= 0.6 is 0 Å². The summed E-state index contributed by atoms with van der Waals surface area (Å²) in [6.45, 7) is 3.54. The Morgan fingerprint density at radius 3 is 2.44 bits per heavy atom. The lowest BCUT2D eigenvalue weighted by molar-refractivity contribution is 0.247. The smallest absolute Gasteiger partial charge is 0.0242 e. The quantitative estimate of drug-likeness (QED) is 0.746. The zero-order valence-corrected chi connectivity index (χ0v) is 11.2. The molecule has 2 fully saturated rings. The van der Waals surface area contributed by atoms with E-state index in [1.807, 2.05) is 0 Å². The predicted octanol–water partition coefficient (Wildman–Crippen LogP) is 2.49. The predicted molar refractivity (Wildman–Crippen MR) is 69.6 cm³/mol. The molecular weight excluding hydrogens is 196 g/mol. The van der Waals surface area contributed by atoms with Crippen LogP contribution in [-0.2, 0) is 0 Å². The second kappa shape index (κ2) is 5.50. The third-order valence-corrected chi connectivity index (χ3v) is 4.56. The zero-order valence-electron chi connectivity index (χ0n) is 11.2. The molecule has 0 radical (unpaired) electrons. The van der Waals surface area contributed by atoms with Crippen molar-refractivity contribution in [3.63, 3.8) is 0 Å². The number of hydrogen-bond acceptors (Lipinski definition) is 2. The summed E-state index contributed by atoms with van der Waals surface area (Å²) in [5, 5.41) is 3.81. The summed E-state index contributed by atoms with van der Waals surface area (Å²) in [5.74, 6) is 1.97. The second-order valence-corrected chi connectivity index (χ2v) is 6.06. The van der Waals surface area contributed by atoms with Crippen LogP contribution in [0, 0.1) is 11.8 Å². The summed E-state index contributed by atoms with van der Waals surface area (Å²) < 4.78 is 0. The molecule has 2 saturated carbocycles.